The van der Waals surface area contributed by atoms with Gasteiger partial charge < -0.3 is 15.4 Å². The Morgan fingerprint density at radius 1 is 1.45 bits per heavy atom. The van der Waals surface area contributed by atoms with Crippen molar-refractivity contribution in [2.75, 3.05) is 18.5 Å². The summed E-state index contributed by atoms with van der Waals surface area (Å²) in [6, 6.07) is 5.67. The maximum absolute atomic E-state index is 12.1. The molecule has 1 aliphatic heterocycles. The molecule has 3 rings (SSSR count). The normalized spacial score (nSPS) is 14.1. The maximum atomic E-state index is 12.1. The molecule has 0 spiro atoms. The lowest BCUT2D eigenvalue weighted by molar-refractivity contribution is 0.102. The summed E-state index contributed by atoms with van der Waals surface area (Å²) in [7, 11) is 0. The topological polar surface area (TPSA) is 79.0 Å². The second-order valence-corrected chi connectivity index (χ2v) is 4.71. The third kappa shape index (κ3) is 2.50. The molecule has 104 valence electrons. The number of rotatable bonds is 2. The van der Waals surface area contributed by atoms with Gasteiger partial charge in [0.05, 0.1) is 11.8 Å². The van der Waals surface area contributed by atoms with E-state index in [1.54, 1.807) is 0 Å². The first kappa shape index (κ1) is 12.7. The minimum atomic E-state index is -0.168. The van der Waals surface area contributed by atoms with Crippen LogP contribution >= 0.6 is 0 Å². The van der Waals surface area contributed by atoms with E-state index in [4.69, 9.17) is 4.74 Å². The monoisotopic (exact) mass is 272 g/mol. The molecule has 1 amide bonds. The number of ether oxygens (including phenoxy) is 1. The summed E-state index contributed by atoms with van der Waals surface area (Å²) in [4.78, 5) is 12.1. The number of aromatic nitrogens is 2. The molecule has 3 N–H and O–H groups in total. The van der Waals surface area contributed by atoms with Gasteiger partial charge >= 0.3 is 0 Å². The number of fused-ring (bicyclic) bond motifs is 1. The molecule has 0 atom stereocenters. The van der Waals surface area contributed by atoms with Crippen LogP contribution in [0, 0.1) is 6.92 Å². The SMILES string of the molecule is Cc1[nH]ncc1C(=O)Nc1ccc2c(c1)CNCCO2. The van der Waals surface area contributed by atoms with E-state index in [0.717, 1.165) is 35.8 Å². The van der Waals surface area contributed by atoms with Crippen molar-refractivity contribution in [2.24, 2.45) is 0 Å². The van der Waals surface area contributed by atoms with Gasteiger partial charge in [-0.3, -0.25) is 9.89 Å². The fraction of sp³-hybridized carbons (Fsp3) is 0.286. The molecular weight excluding hydrogens is 256 g/mol. The first-order valence-corrected chi connectivity index (χ1v) is 6.52. The van der Waals surface area contributed by atoms with E-state index in [2.05, 4.69) is 20.8 Å². The fourth-order valence-corrected chi connectivity index (χ4v) is 2.17. The van der Waals surface area contributed by atoms with E-state index < -0.39 is 0 Å². The molecule has 0 bridgehead atoms. The number of H-pyrrole nitrogens is 1. The number of aryl methyl sites for hydroxylation is 1. The highest BCUT2D eigenvalue weighted by molar-refractivity contribution is 6.04. The van der Waals surface area contributed by atoms with Crippen molar-refractivity contribution in [3.8, 4) is 5.75 Å². The van der Waals surface area contributed by atoms with Gasteiger partial charge in [0.1, 0.15) is 12.4 Å². The number of hydrogen-bond donors (Lipinski definition) is 3. The third-order valence-corrected chi connectivity index (χ3v) is 3.24. The smallest absolute Gasteiger partial charge is 0.259 e. The molecule has 2 aromatic rings. The number of anilines is 1. The summed E-state index contributed by atoms with van der Waals surface area (Å²) < 4.78 is 5.61. The molecule has 6 heteroatoms. The largest absolute Gasteiger partial charge is 0.492 e. The molecule has 0 unspecified atom stereocenters. The predicted octanol–water partition coefficient (Wildman–Crippen LogP) is 1.45. The zero-order chi connectivity index (χ0) is 13.9. The molecule has 1 aromatic carbocycles. The summed E-state index contributed by atoms with van der Waals surface area (Å²) in [6.07, 6.45) is 1.53. The first-order valence-electron chi connectivity index (χ1n) is 6.52. The highest BCUT2D eigenvalue weighted by atomic mass is 16.5. The van der Waals surface area contributed by atoms with Crippen LogP contribution in [-0.4, -0.2) is 29.3 Å². The van der Waals surface area contributed by atoms with Gasteiger partial charge in [0.15, 0.2) is 0 Å². The number of carbonyl (C=O) groups is 1. The van der Waals surface area contributed by atoms with Gasteiger partial charge in [-0.15, -0.1) is 0 Å². The lowest BCUT2D eigenvalue weighted by Gasteiger charge is -2.10. The Morgan fingerprint density at radius 3 is 3.15 bits per heavy atom. The van der Waals surface area contributed by atoms with Gasteiger partial charge in [-0.25, -0.2) is 0 Å². The molecule has 1 aromatic heterocycles. The maximum Gasteiger partial charge on any atom is 0.259 e. The van der Waals surface area contributed by atoms with Crippen LogP contribution in [0.2, 0.25) is 0 Å². The molecule has 20 heavy (non-hydrogen) atoms. The quantitative estimate of drug-likeness (QED) is 0.773. The molecule has 1 aliphatic rings. The van der Waals surface area contributed by atoms with E-state index in [1.807, 2.05) is 25.1 Å². The number of benzene rings is 1. The molecule has 0 radical (unpaired) electrons. The van der Waals surface area contributed by atoms with Crippen molar-refractivity contribution < 1.29 is 9.53 Å². The molecule has 0 saturated heterocycles. The highest BCUT2D eigenvalue weighted by Crippen LogP contribution is 2.24. The number of nitrogens with one attached hydrogen (secondary N) is 3. The molecule has 0 fully saturated rings. The lowest BCUT2D eigenvalue weighted by Crippen LogP contribution is -2.16. The van der Waals surface area contributed by atoms with E-state index in [0.29, 0.717) is 12.2 Å². The first-order chi connectivity index (χ1) is 9.74. The average Bonchev–Trinajstić information content (AvgIpc) is 2.73. The summed E-state index contributed by atoms with van der Waals surface area (Å²) in [6.45, 7) is 4.04. The van der Waals surface area contributed by atoms with Gasteiger partial charge in [0.25, 0.3) is 5.91 Å². The van der Waals surface area contributed by atoms with Crippen molar-refractivity contribution >= 4 is 11.6 Å². The van der Waals surface area contributed by atoms with Crippen LogP contribution in [0.25, 0.3) is 0 Å². The summed E-state index contributed by atoms with van der Waals surface area (Å²) in [5.41, 5.74) is 3.10. The van der Waals surface area contributed by atoms with Crippen molar-refractivity contribution in [2.45, 2.75) is 13.5 Å². The van der Waals surface area contributed by atoms with Gasteiger partial charge in [-0.2, -0.15) is 5.10 Å². The van der Waals surface area contributed by atoms with Gasteiger partial charge in [0.2, 0.25) is 0 Å². The fourth-order valence-electron chi connectivity index (χ4n) is 2.17. The van der Waals surface area contributed by atoms with E-state index in [9.17, 15) is 4.79 Å². The minimum Gasteiger partial charge on any atom is -0.492 e. The average molecular weight is 272 g/mol. The number of hydrogen-bond acceptors (Lipinski definition) is 4. The van der Waals surface area contributed by atoms with E-state index in [1.165, 1.54) is 6.20 Å². The number of aromatic amines is 1. The van der Waals surface area contributed by atoms with Gasteiger partial charge in [0, 0.05) is 30.0 Å². The van der Waals surface area contributed by atoms with Crippen LogP contribution in [0.5, 0.6) is 5.75 Å². The summed E-state index contributed by atoms with van der Waals surface area (Å²) in [5, 5.41) is 12.7. The minimum absolute atomic E-state index is 0.168. The van der Waals surface area contributed by atoms with Crippen LogP contribution in [0.15, 0.2) is 24.4 Å². The highest BCUT2D eigenvalue weighted by Gasteiger charge is 2.13. The van der Waals surface area contributed by atoms with Crippen molar-refractivity contribution in [3.05, 3.63) is 41.2 Å². The second kappa shape index (κ2) is 5.34. The number of carbonyl (C=O) groups excluding carboxylic acids is 1. The van der Waals surface area contributed by atoms with Crippen molar-refractivity contribution in [1.29, 1.82) is 0 Å². The zero-order valence-corrected chi connectivity index (χ0v) is 11.2. The van der Waals surface area contributed by atoms with Crippen LogP contribution in [0.1, 0.15) is 21.6 Å². The third-order valence-electron chi connectivity index (χ3n) is 3.24. The van der Waals surface area contributed by atoms with Crippen molar-refractivity contribution in [3.63, 3.8) is 0 Å². The Balaban J connectivity index is 1.80. The Labute approximate surface area is 116 Å². The molecule has 0 saturated carbocycles. The Bertz CT molecular complexity index is 636. The lowest BCUT2D eigenvalue weighted by atomic mass is 10.1. The van der Waals surface area contributed by atoms with Gasteiger partial charge in [-0.1, -0.05) is 0 Å². The Morgan fingerprint density at radius 2 is 2.35 bits per heavy atom. The molecular formula is C14H16N4O2. The van der Waals surface area contributed by atoms with E-state index >= 15 is 0 Å². The molecule has 2 heterocycles. The Hall–Kier alpha value is -2.34. The van der Waals surface area contributed by atoms with E-state index in [-0.39, 0.29) is 5.91 Å². The zero-order valence-electron chi connectivity index (χ0n) is 11.2. The summed E-state index contributed by atoms with van der Waals surface area (Å²) >= 11 is 0. The van der Waals surface area contributed by atoms with Crippen LogP contribution in [0.3, 0.4) is 0 Å². The standard InChI is InChI=1S/C14H16N4O2/c1-9-12(8-16-18-9)14(19)17-11-2-3-13-10(6-11)7-15-4-5-20-13/h2-3,6,8,15H,4-5,7H2,1H3,(H,16,18)(H,17,19). The second-order valence-electron chi connectivity index (χ2n) is 4.71. The Kier molecular flexibility index (Phi) is 3.39. The van der Waals surface area contributed by atoms with Crippen molar-refractivity contribution in [1.82, 2.24) is 15.5 Å². The van der Waals surface area contributed by atoms with Gasteiger partial charge in [-0.05, 0) is 25.1 Å². The van der Waals surface area contributed by atoms with Crippen LogP contribution in [0.4, 0.5) is 5.69 Å². The summed E-state index contributed by atoms with van der Waals surface area (Å²) in [5.74, 6) is 0.700. The van der Waals surface area contributed by atoms with Crippen LogP contribution in [-0.2, 0) is 6.54 Å². The predicted molar refractivity (Wildman–Crippen MR) is 74.9 cm³/mol. The molecule has 6 nitrogen and oxygen atoms in total. The molecule has 0 aliphatic carbocycles. The van der Waals surface area contributed by atoms with Crippen LogP contribution < -0.4 is 15.4 Å². The number of amides is 1. The number of nitrogens with zero attached hydrogens (tertiary/aromatic N) is 1.